The van der Waals surface area contributed by atoms with Crippen LogP contribution in [-0.4, -0.2) is 49.4 Å². The number of halogens is 6. The van der Waals surface area contributed by atoms with Crippen LogP contribution in [0.3, 0.4) is 0 Å². The number of nitrogens with zero attached hydrogens (tertiary/aromatic N) is 5. The Morgan fingerprint density at radius 1 is 1.00 bits per heavy atom. The van der Waals surface area contributed by atoms with E-state index in [-0.39, 0.29) is 36.7 Å². The topological polar surface area (TPSA) is 107 Å². The number of likely N-dealkylation sites (tertiary alicyclic amines) is 1. The highest BCUT2D eigenvalue weighted by atomic mass is 19.4. The number of nitrogen functional groups attached to an aromatic ring is 1. The van der Waals surface area contributed by atoms with Crippen LogP contribution in [0, 0.1) is 0 Å². The summed E-state index contributed by atoms with van der Waals surface area (Å²) in [6, 6.07) is 7.51. The molecule has 5 rings (SSSR count). The van der Waals surface area contributed by atoms with Crippen LogP contribution in [0.4, 0.5) is 32.2 Å². The van der Waals surface area contributed by atoms with Gasteiger partial charge in [0, 0.05) is 30.6 Å². The van der Waals surface area contributed by atoms with Crippen LogP contribution in [-0.2, 0) is 23.6 Å². The van der Waals surface area contributed by atoms with Crippen LogP contribution >= 0.6 is 0 Å². The molecule has 8 nitrogen and oxygen atoms in total. The van der Waals surface area contributed by atoms with Crippen molar-refractivity contribution in [3.63, 3.8) is 0 Å². The number of hydrogen-bond acceptors (Lipinski definition) is 6. The Labute approximate surface area is 247 Å². The lowest BCUT2D eigenvalue weighted by molar-refractivity contribution is -0.143. The van der Waals surface area contributed by atoms with Crippen molar-refractivity contribution in [1.29, 1.82) is 0 Å². The van der Waals surface area contributed by atoms with Gasteiger partial charge in [0.15, 0.2) is 11.4 Å². The predicted octanol–water partition coefficient (Wildman–Crippen LogP) is 6.28. The van der Waals surface area contributed by atoms with Crippen molar-refractivity contribution in [1.82, 2.24) is 24.6 Å². The molecule has 44 heavy (non-hydrogen) atoms. The van der Waals surface area contributed by atoms with Gasteiger partial charge in [0.05, 0.1) is 22.6 Å². The SMILES string of the molecule is C=CC(=O)N1CCC[C@@H](n2nc(-c3ccc(CCC(=O)c4cc(C(F)(F)F)cc(C(F)(F)F)c4)cc3)c3c(N)ncnc32)C1. The Morgan fingerprint density at radius 2 is 1.66 bits per heavy atom. The molecule has 1 saturated heterocycles. The van der Waals surface area contributed by atoms with Crippen molar-refractivity contribution in [3.05, 3.63) is 83.7 Å². The molecule has 230 valence electrons. The zero-order valence-electron chi connectivity index (χ0n) is 23.1. The minimum atomic E-state index is -5.04. The summed E-state index contributed by atoms with van der Waals surface area (Å²) < 4.78 is 80.9. The van der Waals surface area contributed by atoms with Gasteiger partial charge in [-0.05, 0) is 49.1 Å². The first-order valence-corrected chi connectivity index (χ1v) is 13.6. The fourth-order valence-corrected chi connectivity index (χ4v) is 5.28. The molecule has 1 amide bonds. The molecule has 0 radical (unpaired) electrons. The second-order valence-electron chi connectivity index (χ2n) is 10.4. The molecule has 0 bridgehead atoms. The molecule has 0 spiro atoms. The van der Waals surface area contributed by atoms with Crippen LogP contribution in [0.2, 0.25) is 0 Å². The quantitative estimate of drug-likeness (QED) is 0.149. The van der Waals surface area contributed by atoms with E-state index in [0.717, 1.165) is 12.8 Å². The van der Waals surface area contributed by atoms with Gasteiger partial charge in [-0.3, -0.25) is 9.59 Å². The standard InChI is InChI=1S/C30H26F6N6O2/c1-2-24(44)41-11-3-4-22(15-41)42-28-25(27(37)38-16-39-28)26(40-42)18-8-5-17(6-9-18)7-10-23(43)19-12-20(29(31,32)33)14-21(13-19)30(34,35)36/h2,5-6,8-9,12-14,16,22H,1,3-4,7,10-11,15H2,(H2,37,38,39)/t22-/m1/s1. The zero-order chi connectivity index (χ0) is 31.8. The molecule has 14 heteroatoms. The van der Waals surface area contributed by atoms with Crippen molar-refractivity contribution in [2.24, 2.45) is 0 Å². The number of hydrogen-bond donors (Lipinski definition) is 1. The highest BCUT2D eigenvalue weighted by Gasteiger charge is 2.37. The molecular weight excluding hydrogens is 590 g/mol. The number of ketones is 1. The number of anilines is 1. The van der Waals surface area contributed by atoms with Gasteiger partial charge in [0.1, 0.15) is 17.8 Å². The number of Topliss-reactive ketones (excluding diaryl/α,β-unsaturated/α-hetero) is 1. The molecule has 0 aliphatic carbocycles. The molecule has 0 unspecified atom stereocenters. The van der Waals surface area contributed by atoms with E-state index in [9.17, 15) is 35.9 Å². The summed E-state index contributed by atoms with van der Waals surface area (Å²) in [4.78, 5) is 35.1. The molecule has 0 saturated carbocycles. The number of fused-ring (bicyclic) bond motifs is 1. The van der Waals surface area contributed by atoms with Crippen LogP contribution in [0.25, 0.3) is 22.3 Å². The van der Waals surface area contributed by atoms with Gasteiger partial charge >= 0.3 is 12.4 Å². The van der Waals surface area contributed by atoms with Crippen molar-refractivity contribution in [2.75, 3.05) is 18.8 Å². The molecule has 2 N–H and O–H groups in total. The van der Waals surface area contributed by atoms with Gasteiger partial charge in [-0.1, -0.05) is 30.8 Å². The lowest BCUT2D eigenvalue weighted by Crippen LogP contribution is -2.40. The maximum Gasteiger partial charge on any atom is 0.416 e. The second-order valence-corrected chi connectivity index (χ2v) is 10.4. The Kier molecular flexibility index (Phi) is 8.19. The summed E-state index contributed by atoms with van der Waals surface area (Å²) in [7, 11) is 0. The van der Waals surface area contributed by atoms with E-state index >= 15 is 0 Å². The summed E-state index contributed by atoms with van der Waals surface area (Å²) in [5, 5.41) is 5.32. The highest BCUT2D eigenvalue weighted by molar-refractivity contribution is 5.98. The normalized spacial score (nSPS) is 15.9. The van der Waals surface area contributed by atoms with Gasteiger partial charge in [-0.25, -0.2) is 14.6 Å². The molecule has 1 fully saturated rings. The van der Waals surface area contributed by atoms with E-state index in [2.05, 4.69) is 16.5 Å². The summed E-state index contributed by atoms with van der Waals surface area (Å²) >= 11 is 0. The summed E-state index contributed by atoms with van der Waals surface area (Å²) in [6.45, 7) is 4.57. The van der Waals surface area contributed by atoms with Crippen LogP contribution in [0.15, 0.2) is 61.4 Å². The largest absolute Gasteiger partial charge is 0.416 e. The number of aromatic nitrogens is 4. The monoisotopic (exact) mass is 616 g/mol. The van der Waals surface area contributed by atoms with E-state index in [1.54, 1.807) is 33.8 Å². The number of rotatable bonds is 7. The summed E-state index contributed by atoms with van der Waals surface area (Å²) in [5.41, 5.74) is 4.75. The number of aryl methyl sites for hydroxylation is 1. The number of benzene rings is 2. The fourth-order valence-electron chi connectivity index (χ4n) is 5.28. The van der Waals surface area contributed by atoms with Gasteiger partial charge in [-0.15, -0.1) is 0 Å². The number of alkyl halides is 6. The first-order chi connectivity index (χ1) is 20.8. The molecule has 2 aromatic carbocycles. The average molecular weight is 617 g/mol. The van der Waals surface area contributed by atoms with Gasteiger partial charge in [-0.2, -0.15) is 31.4 Å². The molecule has 3 heterocycles. The molecule has 1 aliphatic heterocycles. The van der Waals surface area contributed by atoms with Crippen molar-refractivity contribution in [3.8, 4) is 11.3 Å². The third-order valence-electron chi connectivity index (χ3n) is 7.52. The number of carbonyl (C=O) groups excluding carboxylic acids is 2. The van der Waals surface area contributed by atoms with Gasteiger partial charge in [0.25, 0.3) is 0 Å². The van der Waals surface area contributed by atoms with E-state index in [0.29, 0.717) is 53.1 Å². The number of amides is 1. The molecule has 1 atom stereocenters. The van der Waals surface area contributed by atoms with Crippen LogP contribution in [0.1, 0.15) is 52.4 Å². The molecular formula is C30H26F6N6O2. The Morgan fingerprint density at radius 3 is 2.27 bits per heavy atom. The Balaban J connectivity index is 1.37. The van der Waals surface area contributed by atoms with Crippen molar-refractivity contribution < 1.29 is 35.9 Å². The average Bonchev–Trinajstić information content (AvgIpc) is 3.39. The van der Waals surface area contributed by atoms with Crippen molar-refractivity contribution in [2.45, 2.75) is 44.1 Å². The van der Waals surface area contributed by atoms with E-state index in [1.165, 1.54) is 12.4 Å². The lowest BCUT2D eigenvalue weighted by atomic mass is 9.97. The third kappa shape index (κ3) is 6.29. The van der Waals surface area contributed by atoms with E-state index in [1.807, 2.05) is 0 Å². The molecule has 4 aromatic rings. The minimum Gasteiger partial charge on any atom is -0.383 e. The molecule has 2 aromatic heterocycles. The number of carbonyl (C=O) groups is 2. The third-order valence-corrected chi connectivity index (χ3v) is 7.52. The maximum absolute atomic E-state index is 13.2. The summed E-state index contributed by atoms with van der Waals surface area (Å²) in [6.07, 6.45) is -6.21. The predicted molar refractivity (Wildman–Crippen MR) is 149 cm³/mol. The van der Waals surface area contributed by atoms with Gasteiger partial charge in [0.2, 0.25) is 5.91 Å². The fraction of sp³-hybridized carbons (Fsp3) is 0.300. The zero-order valence-corrected chi connectivity index (χ0v) is 23.1. The number of nitrogens with two attached hydrogens (primary N) is 1. The van der Waals surface area contributed by atoms with Crippen molar-refractivity contribution >= 4 is 28.5 Å². The smallest absolute Gasteiger partial charge is 0.383 e. The first kappa shape index (κ1) is 30.7. The van der Waals surface area contributed by atoms with E-state index < -0.39 is 34.8 Å². The number of piperidine rings is 1. The molecule has 1 aliphatic rings. The van der Waals surface area contributed by atoms with Gasteiger partial charge < -0.3 is 10.6 Å². The Bertz CT molecular complexity index is 1700. The summed E-state index contributed by atoms with van der Waals surface area (Å²) in [5.74, 6) is -0.819. The van der Waals surface area contributed by atoms with Crippen LogP contribution in [0.5, 0.6) is 0 Å². The van der Waals surface area contributed by atoms with E-state index in [4.69, 9.17) is 10.8 Å². The second kappa shape index (κ2) is 11.7. The lowest BCUT2D eigenvalue weighted by Gasteiger charge is -2.32. The van der Waals surface area contributed by atoms with Crippen LogP contribution < -0.4 is 5.73 Å². The minimum absolute atomic E-state index is 0.0105. The first-order valence-electron chi connectivity index (χ1n) is 13.6. The Hall–Kier alpha value is -4.75. The highest BCUT2D eigenvalue weighted by Crippen LogP contribution is 2.37. The maximum atomic E-state index is 13.2.